The van der Waals surface area contributed by atoms with E-state index >= 15 is 0 Å². The first kappa shape index (κ1) is 13.7. The lowest BCUT2D eigenvalue weighted by Crippen LogP contribution is -2.02. The molecule has 2 aromatic rings. The number of pyridine rings is 1. The molecule has 2 aromatic heterocycles. The van der Waals surface area contributed by atoms with E-state index in [4.69, 9.17) is 0 Å². The molecule has 1 N–H and O–H groups in total. The van der Waals surface area contributed by atoms with Crippen LogP contribution in [0.1, 0.15) is 0 Å². The Morgan fingerprint density at radius 1 is 1.37 bits per heavy atom. The molecule has 0 aliphatic rings. The van der Waals surface area contributed by atoms with Crippen molar-refractivity contribution in [3.63, 3.8) is 0 Å². The molecule has 0 amide bonds. The number of nitrogens with one attached hydrogen (secondary N) is 1. The van der Waals surface area contributed by atoms with E-state index < -0.39 is 4.92 Å². The van der Waals surface area contributed by atoms with Crippen molar-refractivity contribution in [2.45, 2.75) is 10.1 Å². The molecule has 0 unspecified atom stereocenters. The molecule has 7 nitrogen and oxygen atoms in total. The Hall–Kier alpha value is -1.74. The fourth-order valence-corrected chi connectivity index (χ4v) is 2.65. The molecule has 0 aromatic carbocycles. The van der Waals surface area contributed by atoms with Crippen LogP contribution in [0.15, 0.2) is 39.2 Å². The van der Waals surface area contributed by atoms with Crippen molar-refractivity contribution in [3.8, 4) is 0 Å². The van der Waals surface area contributed by atoms with Gasteiger partial charge in [-0.3, -0.25) is 10.1 Å². The van der Waals surface area contributed by atoms with Crippen LogP contribution in [0.2, 0.25) is 0 Å². The summed E-state index contributed by atoms with van der Waals surface area (Å²) in [5.74, 6) is 0.176. The van der Waals surface area contributed by atoms with Gasteiger partial charge in [0.1, 0.15) is 11.4 Å². The molecule has 0 bridgehead atoms. The van der Waals surface area contributed by atoms with Gasteiger partial charge >= 0.3 is 5.69 Å². The second-order valence-electron chi connectivity index (χ2n) is 3.28. The molecule has 0 aliphatic heterocycles. The first-order valence-corrected chi connectivity index (χ1v) is 6.70. The van der Waals surface area contributed by atoms with Crippen LogP contribution in [0.5, 0.6) is 0 Å². The van der Waals surface area contributed by atoms with Gasteiger partial charge in [0.2, 0.25) is 5.82 Å². The molecule has 0 saturated heterocycles. The van der Waals surface area contributed by atoms with E-state index in [9.17, 15) is 10.1 Å². The average molecular weight is 342 g/mol. The Bertz CT molecular complexity index is 625. The Kier molecular flexibility index (Phi) is 4.27. The fraction of sp³-hybridized carbons (Fsp3) is 0.100. The van der Waals surface area contributed by atoms with E-state index in [1.165, 1.54) is 6.33 Å². The molecule has 0 radical (unpaired) electrons. The lowest BCUT2D eigenvalue weighted by atomic mass is 10.5. The van der Waals surface area contributed by atoms with Crippen LogP contribution in [-0.4, -0.2) is 26.9 Å². The van der Waals surface area contributed by atoms with Crippen molar-refractivity contribution in [1.82, 2.24) is 15.0 Å². The van der Waals surface area contributed by atoms with Crippen molar-refractivity contribution < 1.29 is 4.92 Å². The van der Waals surface area contributed by atoms with Crippen LogP contribution in [-0.2, 0) is 0 Å². The van der Waals surface area contributed by atoms with E-state index in [1.54, 1.807) is 25.4 Å². The van der Waals surface area contributed by atoms with Crippen LogP contribution in [0.25, 0.3) is 0 Å². The summed E-state index contributed by atoms with van der Waals surface area (Å²) in [6.07, 6.45) is 2.89. The lowest BCUT2D eigenvalue weighted by Gasteiger charge is -2.05. The molecule has 0 saturated carbocycles. The van der Waals surface area contributed by atoms with Crippen molar-refractivity contribution in [1.29, 1.82) is 0 Å². The third kappa shape index (κ3) is 2.99. The molecule has 0 atom stereocenters. The predicted molar refractivity (Wildman–Crippen MR) is 74.3 cm³/mol. The SMILES string of the molecule is CNc1ncnc(Sc2ncccc2Br)c1[N+](=O)[O-]. The van der Waals surface area contributed by atoms with Crippen LogP contribution in [0.4, 0.5) is 11.5 Å². The molecule has 2 rings (SSSR count). The molecular weight excluding hydrogens is 334 g/mol. The highest BCUT2D eigenvalue weighted by atomic mass is 79.9. The normalized spacial score (nSPS) is 10.2. The highest BCUT2D eigenvalue weighted by Gasteiger charge is 2.23. The number of halogens is 1. The van der Waals surface area contributed by atoms with Gasteiger partial charge in [0.05, 0.1) is 9.40 Å². The van der Waals surface area contributed by atoms with Crippen LogP contribution in [0.3, 0.4) is 0 Å². The number of nitrogens with zero attached hydrogens (tertiary/aromatic N) is 4. The number of rotatable bonds is 4. The Labute approximate surface area is 121 Å². The smallest absolute Gasteiger partial charge is 0.343 e. The zero-order chi connectivity index (χ0) is 13.8. The second-order valence-corrected chi connectivity index (χ2v) is 5.11. The van der Waals surface area contributed by atoms with Gasteiger partial charge in [-0.2, -0.15) is 0 Å². The van der Waals surface area contributed by atoms with E-state index in [0.29, 0.717) is 5.03 Å². The average Bonchev–Trinajstić information content (AvgIpc) is 2.40. The lowest BCUT2D eigenvalue weighted by molar-refractivity contribution is -0.387. The number of anilines is 1. The first-order valence-electron chi connectivity index (χ1n) is 5.09. The fourth-order valence-electron chi connectivity index (χ4n) is 1.32. The zero-order valence-electron chi connectivity index (χ0n) is 9.70. The summed E-state index contributed by atoms with van der Waals surface area (Å²) < 4.78 is 0.749. The Balaban J connectivity index is 2.46. The van der Waals surface area contributed by atoms with Gasteiger partial charge in [0, 0.05) is 13.2 Å². The highest BCUT2D eigenvalue weighted by Crippen LogP contribution is 2.37. The third-order valence-corrected chi connectivity index (χ3v) is 4.04. The van der Waals surface area contributed by atoms with E-state index in [-0.39, 0.29) is 16.5 Å². The number of aromatic nitrogens is 3. The van der Waals surface area contributed by atoms with Crippen LogP contribution in [0, 0.1) is 10.1 Å². The number of hydrogen-bond acceptors (Lipinski definition) is 7. The Morgan fingerprint density at radius 2 is 2.16 bits per heavy atom. The van der Waals surface area contributed by atoms with E-state index in [0.717, 1.165) is 16.2 Å². The van der Waals surface area contributed by atoms with Gasteiger partial charge in [-0.25, -0.2) is 15.0 Å². The van der Waals surface area contributed by atoms with Gasteiger partial charge in [0.25, 0.3) is 0 Å². The first-order chi connectivity index (χ1) is 9.13. The van der Waals surface area contributed by atoms with Crippen molar-refractivity contribution in [3.05, 3.63) is 39.2 Å². The minimum absolute atomic E-state index is 0.160. The second kappa shape index (κ2) is 5.93. The number of hydrogen-bond donors (Lipinski definition) is 1. The molecule has 2 heterocycles. The molecule has 98 valence electrons. The summed E-state index contributed by atoms with van der Waals surface area (Å²) in [6, 6.07) is 3.57. The topological polar surface area (TPSA) is 93.8 Å². The predicted octanol–water partition coefficient (Wildman–Crippen LogP) is 2.74. The van der Waals surface area contributed by atoms with Crippen molar-refractivity contribution in [2.24, 2.45) is 0 Å². The standard InChI is InChI=1S/C10H8BrN5O2S/c1-12-8-7(16(17)18)10(15-5-14-8)19-9-6(11)3-2-4-13-9/h2-5H,1H3,(H,12,14,15). The molecule has 9 heteroatoms. The maximum Gasteiger partial charge on any atom is 0.343 e. The van der Waals surface area contributed by atoms with E-state index in [2.05, 4.69) is 36.2 Å². The van der Waals surface area contributed by atoms with Gasteiger partial charge in [-0.15, -0.1) is 0 Å². The van der Waals surface area contributed by atoms with Gasteiger partial charge in [-0.05, 0) is 39.8 Å². The molecule has 19 heavy (non-hydrogen) atoms. The third-order valence-electron chi connectivity index (χ3n) is 2.13. The van der Waals surface area contributed by atoms with Crippen molar-refractivity contribution >= 4 is 39.2 Å². The van der Waals surface area contributed by atoms with Gasteiger partial charge in [-0.1, -0.05) is 0 Å². The summed E-state index contributed by atoms with van der Waals surface area (Å²) in [6.45, 7) is 0. The van der Waals surface area contributed by atoms with E-state index in [1.807, 2.05) is 0 Å². The largest absolute Gasteiger partial charge is 0.367 e. The summed E-state index contributed by atoms with van der Waals surface area (Å²) in [5, 5.41) is 14.6. The van der Waals surface area contributed by atoms with Crippen LogP contribution >= 0.6 is 27.7 Å². The summed E-state index contributed by atoms with van der Waals surface area (Å²) in [5.41, 5.74) is -0.160. The van der Waals surface area contributed by atoms with Gasteiger partial charge < -0.3 is 5.32 Å². The highest BCUT2D eigenvalue weighted by molar-refractivity contribution is 9.10. The van der Waals surface area contributed by atoms with Crippen LogP contribution < -0.4 is 5.32 Å². The van der Waals surface area contributed by atoms with Gasteiger partial charge in [0.15, 0.2) is 5.03 Å². The minimum Gasteiger partial charge on any atom is -0.367 e. The summed E-state index contributed by atoms with van der Waals surface area (Å²) in [7, 11) is 1.57. The minimum atomic E-state index is -0.509. The monoisotopic (exact) mass is 341 g/mol. The maximum absolute atomic E-state index is 11.1. The maximum atomic E-state index is 11.1. The molecular formula is C10H8BrN5O2S. The molecule has 0 fully saturated rings. The quantitative estimate of drug-likeness (QED) is 0.519. The molecule has 0 aliphatic carbocycles. The molecule has 0 spiro atoms. The zero-order valence-corrected chi connectivity index (χ0v) is 12.1. The van der Waals surface area contributed by atoms with Crippen molar-refractivity contribution in [2.75, 3.05) is 12.4 Å². The Morgan fingerprint density at radius 3 is 2.79 bits per heavy atom. The summed E-state index contributed by atoms with van der Waals surface area (Å²) >= 11 is 4.45. The number of nitro groups is 1. The summed E-state index contributed by atoms with van der Waals surface area (Å²) in [4.78, 5) is 22.5.